The van der Waals surface area contributed by atoms with E-state index < -0.39 is 0 Å². The molecule has 1 fully saturated rings. The van der Waals surface area contributed by atoms with Gasteiger partial charge in [0.05, 0.1) is 17.3 Å². The number of hydrogen-bond donors (Lipinski definition) is 1. The number of ether oxygens (including phenoxy) is 1. The van der Waals surface area contributed by atoms with Crippen LogP contribution in [0.4, 0.5) is 11.4 Å². The minimum atomic E-state index is -0.0193. The van der Waals surface area contributed by atoms with Crippen LogP contribution in [0.25, 0.3) is 0 Å². The fourth-order valence-electron chi connectivity index (χ4n) is 3.34. The smallest absolute Gasteiger partial charge is 0.253 e. The van der Waals surface area contributed by atoms with Crippen LogP contribution in [0, 0.1) is 22.7 Å². The minimum Gasteiger partial charge on any atom is -0.494 e. The number of halogens is 1. The van der Waals surface area contributed by atoms with Gasteiger partial charge in [0.1, 0.15) is 23.5 Å². The van der Waals surface area contributed by atoms with E-state index in [-0.39, 0.29) is 11.5 Å². The average molecular weight is 450 g/mol. The number of piperazine rings is 1. The maximum absolute atomic E-state index is 12.8. The van der Waals surface area contributed by atoms with Crippen molar-refractivity contribution < 1.29 is 9.53 Å². The van der Waals surface area contributed by atoms with Crippen LogP contribution in [0.3, 0.4) is 0 Å². The van der Waals surface area contributed by atoms with Crippen LogP contribution in [-0.4, -0.2) is 43.6 Å². The Morgan fingerprint density at radius 1 is 1.12 bits per heavy atom. The van der Waals surface area contributed by atoms with Crippen LogP contribution in [0.15, 0.2) is 54.2 Å². The zero-order valence-corrected chi connectivity index (χ0v) is 18.6. The highest BCUT2D eigenvalue weighted by Crippen LogP contribution is 2.30. The molecular formula is C24H24ClN5O2. The van der Waals surface area contributed by atoms with Gasteiger partial charge in [0.15, 0.2) is 0 Å². The zero-order chi connectivity index (χ0) is 22.9. The summed E-state index contributed by atoms with van der Waals surface area (Å²) >= 11 is 6.47. The molecule has 0 atom stereocenters. The van der Waals surface area contributed by atoms with Gasteiger partial charge >= 0.3 is 0 Å². The Balaban J connectivity index is 1.58. The predicted octanol–water partition coefficient (Wildman–Crippen LogP) is 4.43. The van der Waals surface area contributed by atoms with Gasteiger partial charge in [-0.2, -0.15) is 10.5 Å². The van der Waals surface area contributed by atoms with Crippen LogP contribution in [-0.2, 0) is 0 Å². The Morgan fingerprint density at radius 3 is 2.41 bits per heavy atom. The lowest BCUT2D eigenvalue weighted by molar-refractivity contribution is 0.0747. The highest BCUT2D eigenvalue weighted by molar-refractivity contribution is 6.33. The number of allylic oxidation sites excluding steroid dienone is 1. The fraction of sp³-hybridized carbons (Fsp3) is 0.292. The summed E-state index contributed by atoms with van der Waals surface area (Å²) in [5.41, 5.74) is 2.19. The maximum Gasteiger partial charge on any atom is 0.253 e. The first-order chi connectivity index (χ1) is 15.5. The van der Waals surface area contributed by atoms with E-state index >= 15 is 0 Å². The largest absolute Gasteiger partial charge is 0.494 e. The van der Waals surface area contributed by atoms with E-state index in [0.717, 1.165) is 17.9 Å². The molecule has 1 amide bonds. The number of nitriles is 2. The molecule has 32 heavy (non-hydrogen) atoms. The molecule has 1 N–H and O–H groups in total. The number of benzene rings is 2. The normalized spacial score (nSPS) is 13.0. The van der Waals surface area contributed by atoms with E-state index in [1.165, 1.54) is 6.20 Å². The van der Waals surface area contributed by atoms with Crippen molar-refractivity contribution in [3.05, 3.63) is 64.8 Å². The Labute approximate surface area is 193 Å². The number of nitrogens with one attached hydrogen (secondary N) is 1. The number of rotatable bonds is 7. The van der Waals surface area contributed by atoms with Crippen LogP contribution < -0.4 is 15.0 Å². The van der Waals surface area contributed by atoms with Gasteiger partial charge in [-0.3, -0.25) is 4.79 Å². The summed E-state index contributed by atoms with van der Waals surface area (Å²) < 4.78 is 5.58. The molecule has 1 aliphatic rings. The average Bonchev–Trinajstić information content (AvgIpc) is 2.83. The Bertz CT molecular complexity index is 1050. The van der Waals surface area contributed by atoms with Crippen molar-refractivity contribution in [2.75, 3.05) is 43.0 Å². The molecule has 0 unspecified atom stereocenters. The zero-order valence-electron chi connectivity index (χ0n) is 17.8. The number of nitrogens with zero attached hydrogens (tertiary/aromatic N) is 4. The van der Waals surface area contributed by atoms with E-state index in [0.29, 0.717) is 49.1 Å². The number of hydrogen-bond acceptors (Lipinski definition) is 6. The van der Waals surface area contributed by atoms with Crippen LogP contribution >= 0.6 is 11.6 Å². The quantitative estimate of drug-likeness (QED) is 0.628. The summed E-state index contributed by atoms with van der Waals surface area (Å²) in [7, 11) is 0. The van der Waals surface area contributed by atoms with E-state index in [9.17, 15) is 4.79 Å². The lowest BCUT2D eigenvalue weighted by atomic mass is 10.1. The molecule has 164 valence electrons. The summed E-state index contributed by atoms with van der Waals surface area (Å²) in [6.07, 6.45) is 2.28. The van der Waals surface area contributed by atoms with Crippen LogP contribution in [0.5, 0.6) is 5.75 Å². The van der Waals surface area contributed by atoms with E-state index in [4.69, 9.17) is 26.9 Å². The lowest BCUT2D eigenvalue weighted by Gasteiger charge is -2.36. The van der Waals surface area contributed by atoms with Gasteiger partial charge in [0, 0.05) is 43.6 Å². The minimum absolute atomic E-state index is 0.00918. The van der Waals surface area contributed by atoms with Crippen LogP contribution in [0.1, 0.15) is 23.7 Å². The number of carbonyl (C=O) groups is 1. The Kier molecular flexibility index (Phi) is 7.96. The van der Waals surface area contributed by atoms with Crippen molar-refractivity contribution in [3.63, 3.8) is 0 Å². The van der Waals surface area contributed by atoms with Crippen molar-refractivity contribution in [1.29, 1.82) is 10.5 Å². The summed E-state index contributed by atoms with van der Waals surface area (Å²) in [6.45, 7) is 5.24. The topological polar surface area (TPSA) is 92.4 Å². The van der Waals surface area contributed by atoms with Crippen molar-refractivity contribution in [1.82, 2.24) is 4.90 Å². The first-order valence-electron chi connectivity index (χ1n) is 10.4. The number of amides is 1. The van der Waals surface area contributed by atoms with Crippen molar-refractivity contribution >= 4 is 28.9 Å². The molecule has 0 aliphatic carbocycles. The first kappa shape index (κ1) is 23.0. The first-order valence-corrected chi connectivity index (χ1v) is 10.8. The third-order valence-electron chi connectivity index (χ3n) is 5.05. The fourth-order valence-corrected chi connectivity index (χ4v) is 3.64. The van der Waals surface area contributed by atoms with E-state index in [1.807, 2.05) is 29.2 Å². The lowest BCUT2D eigenvalue weighted by Crippen LogP contribution is -2.48. The number of anilines is 2. The molecular weight excluding hydrogens is 426 g/mol. The van der Waals surface area contributed by atoms with Gasteiger partial charge in [-0.1, -0.05) is 18.5 Å². The van der Waals surface area contributed by atoms with Crippen molar-refractivity contribution in [3.8, 4) is 17.9 Å². The molecule has 1 heterocycles. The molecule has 8 heteroatoms. The van der Waals surface area contributed by atoms with Gasteiger partial charge in [-0.15, -0.1) is 0 Å². The number of carbonyl (C=O) groups excluding carboxylic acids is 1. The second kappa shape index (κ2) is 11.1. The van der Waals surface area contributed by atoms with Gasteiger partial charge in [-0.25, -0.2) is 0 Å². The highest BCUT2D eigenvalue weighted by atomic mass is 35.5. The Morgan fingerprint density at radius 2 is 1.81 bits per heavy atom. The molecule has 7 nitrogen and oxygen atoms in total. The Hall–Kier alpha value is -3.68. The molecule has 0 radical (unpaired) electrons. The molecule has 2 aromatic rings. The molecule has 1 saturated heterocycles. The molecule has 0 aromatic heterocycles. The van der Waals surface area contributed by atoms with Crippen molar-refractivity contribution in [2.45, 2.75) is 13.3 Å². The third-order valence-corrected chi connectivity index (χ3v) is 5.36. The van der Waals surface area contributed by atoms with E-state index in [1.54, 1.807) is 30.3 Å². The second-order valence-electron chi connectivity index (χ2n) is 7.24. The summed E-state index contributed by atoms with van der Waals surface area (Å²) in [5, 5.41) is 21.1. The standard InChI is InChI=1S/C24H24ClN5O2/c1-2-13-32-21-6-3-19(4-7-21)24(31)30-11-9-29(10-12-30)23-8-5-20(14-22(23)25)28-17-18(15-26)16-27/h3-8,14,17,28H,2,9-13H2,1H3. The maximum atomic E-state index is 12.8. The predicted molar refractivity (Wildman–Crippen MR) is 125 cm³/mol. The van der Waals surface area contributed by atoms with Gasteiger partial charge in [0.25, 0.3) is 5.91 Å². The van der Waals surface area contributed by atoms with E-state index in [2.05, 4.69) is 17.1 Å². The van der Waals surface area contributed by atoms with Gasteiger partial charge in [0.2, 0.25) is 0 Å². The molecule has 0 bridgehead atoms. The summed E-state index contributed by atoms with van der Waals surface area (Å²) in [5.74, 6) is 0.780. The summed E-state index contributed by atoms with van der Waals surface area (Å²) in [4.78, 5) is 16.8. The molecule has 0 saturated carbocycles. The molecule has 1 aliphatic heterocycles. The van der Waals surface area contributed by atoms with Gasteiger partial charge < -0.3 is 19.9 Å². The summed E-state index contributed by atoms with van der Waals surface area (Å²) in [6, 6.07) is 16.3. The third kappa shape index (κ3) is 5.72. The molecule has 0 spiro atoms. The van der Waals surface area contributed by atoms with Gasteiger partial charge in [-0.05, 0) is 48.9 Å². The monoisotopic (exact) mass is 449 g/mol. The van der Waals surface area contributed by atoms with Crippen LogP contribution in [0.2, 0.25) is 5.02 Å². The van der Waals surface area contributed by atoms with Crippen molar-refractivity contribution in [2.24, 2.45) is 0 Å². The molecule has 3 rings (SSSR count). The SMILES string of the molecule is CCCOc1ccc(C(=O)N2CCN(c3ccc(NC=C(C#N)C#N)cc3Cl)CC2)cc1. The highest BCUT2D eigenvalue weighted by Gasteiger charge is 2.23. The molecule has 2 aromatic carbocycles. The second-order valence-corrected chi connectivity index (χ2v) is 7.65.